The molecule has 0 unspecified atom stereocenters. The Hall–Kier alpha value is -3.74. The minimum Gasteiger partial charge on any atom is -0.489 e. The third-order valence-corrected chi connectivity index (χ3v) is 4.19. The number of ether oxygens (including phenoxy) is 2. The Labute approximate surface area is 173 Å². The van der Waals surface area contributed by atoms with Crippen LogP contribution in [-0.2, 0) is 6.61 Å². The van der Waals surface area contributed by atoms with E-state index in [1.54, 1.807) is 31.2 Å². The first-order chi connectivity index (χ1) is 14.5. The predicted molar refractivity (Wildman–Crippen MR) is 110 cm³/mol. The summed E-state index contributed by atoms with van der Waals surface area (Å²) in [5.74, 6) is 0.474. The fourth-order valence-corrected chi connectivity index (χ4v) is 2.58. The fourth-order valence-electron chi connectivity index (χ4n) is 2.58. The maximum Gasteiger partial charge on any atom is 0.387 e. The molecule has 0 saturated heterocycles. The Morgan fingerprint density at radius 1 is 0.900 bits per heavy atom. The van der Waals surface area contributed by atoms with Crippen LogP contribution < -0.4 is 14.9 Å². The number of halogens is 2. The summed E-state index contributed by atoms with van der Waals surface area (Å²) in [4.78, 5) is 12.3. The van der Waals surface area contributed by atoms with Gasteiger partial charge < -0.3 is 9.47 Å². The van der Waals surface area contributed by atoms with E-state index in [0.29, 0.717) is 23.4 Å². The van der Waals surface area contributed by atoms with Gasteiger partial charge in [-0.3, -0.25) is 4.79 Å². The topological polar surface area (TPSA) is 59.9 Å². The van der Waals surface area contributed by atoms with Crippen LogP contribution in [0.15, 0.2) is 84.0 Å². The summed E-state index contributed by atoms with van der Waals surface area (Å²) in [6, 6.07) is 22.5. The van der Waals surface area contributed by atoms with Crippen molar-refractivity contribution in [2.24, 2.45) is 5.10 Å². The van der Waals surface area contributed by atoms with Gasteiger partial charge in [0, 0.05) is 5.56 Å². The molecular weight excluding hydrogens is 390 g/mol. The van der Waals surface area contributed by atoms with Gasteiger partial charge in [-0.15, -0.1) is 0 Å². The first-order valence-corrected chi connectivity index (χ1v) is 9.18. The standard InChI is InChI=1S/C23H20F2N2O3/c1-16(18-11-13-21(14-12-18)30-23(24)25)26-27-22(28)19-9-7-17(8-10-19)15-29-20-5-3-2-4-6-20/h2-14,23H,15H2,1H3,(H,27,28)/b26-16+. The van der Waals surface area contributed by atoms with Crippen molar-refractivity contribution in [2.75, 3.05) is 0 Å². The monoisotopic (exact) mass is 410 g/mol. The molecule has 154 valence electrons. The first kappa shape index (κ1) is 21.0. The normalized spacial score (nSPS) is 11.3. The number of hydrazone groups is 1. The van der Waals surface area contributed by atoms with Gasteiger partial charge in [0.15, 0.2) is 0 Å². The van der Waals surface area contributed by atoms with Crippen molar-refractivity contribution in [3.05, 3.63) is 95.6 Å². The SMILES string of the molecule is C/C(=N\NC(=O)c1ccc(COc2ccccc2)cc1)c1ccc(OC(F)F)cc1. The Morgan fingerprint density at radius 2 is 1.53 bits per heavy atom. The number of alkyl halides is 2. The fraction of sp³-hybridized carbons (Fsp3) is 0.130. The summed E-state index contributed by atoms with van der Waals surface area (Å²) in [6.07, 6.45) is 0. The molecule has 7 heteroatoms. The molecule has 0 aliphatic rings. The summed E-state index contributed by atoms with van der Waals surface area (Å²) in [7, 11) is 0. The molecule has 3 aromatic rings. The molecule has 0 heterocycles. The molecule has 0 radical (unpaired) electrons. The van der Waals surface area contributed by atoms with E-state index in [1.165, 1.54) is 12.1 Å². The summed E-state index contributed by atoms with van der Waals surface area (Å²) >= 11 is 0. The number of nitrogens with one attached hydrogen (secondary N) is 1. The van der Waals surface area contributed by atoms with Crippen molar-refractivity contribution in [1.82, 2.24) is 5.43 Å². The summed E-state index contributed by atoms with van der Waals surface area (Å²) in [5.41, 5.74) is 5.07. The zero-order valence-electron chi connectivity index (χ0n) is 16.2. The van der Waals surface area contributed by atoms with E-state index in [4.69, 9.17) is 4.74 Å². The van der Waals surface area contributed by atoms with Crippen molar-refractivity contribution < 1.29 is 23.0 Å². The molecule has 1 amide bonds. The molecule has 5 nitrogen and oxygen atoms in total. The lowest BCUT2D eigenvalue weighted by Crippen LogP contribution is -2.19. The van der Waals surface area contributed by atoms with E-state index in [0.717, 1.165) is 11.3 Å². The quantitative estimate of drug-likeness (QED) is 0.419. The lowest BCUT2D eigenvalue weighted by atomic mass is 10.1. The van der Waals surface area contributed by atoms with Gasteiger partial charge in [0.05, 0.1) is 5.71 Å². The van der Waals surface area contributed by atoms with Crippen LogP contribution >= 0.6 is 0 Å². The van der Waals surface area contributed by atoms with Gasteiger partial charge in [-0.2, -0.15) is 13.9 Å². The molecule has 0 spiro atoms. The second kappa shape index (κ2) is 10.2. The maximum absolute atomic E-state index is 12.3. The van der Waals surface area contributed by atoms with E-state index in [-0.39, 0.29) is 11.7 Å². The highest BCUT2D eigenvalue weighted by molar-refractivity contribution is 6.00. The van der Waals surface area contributed by atoms with E-state index in [1.807, 2.05) is 42.5 Å². The number of nitrogens with zero attached hydrogens (tertiary/aromatic N) is 1. The largest absolute Gasteiger partial charge is 0.489 e. The van der Waals surface area contributed by atoms with Crippen molar-refractivity contribution in [1.29, 1.82) is 0 Å². The van der Waals surface area contributed by atoms with Crippen LogP contribution in [0.3, 0.4) is 0 Å². The number of carbonyl (C=O) groups excluding carboxylic acids is 1. The number of hydrogen-bond donors (Lipinski definition) is 1. The number of para-hydroxylation sites is 1. The van der Waals surface area contributed by atoms with Crippen LogP contribution in [0.5, 0.6) is 11.5 Å². The second-order valence-electron chi connectivity index (χ2n) is 6.34. The maximum atomic E-state index is 12.3. The zero-order valence-corrected chi connectivity index (χ0v) is 16.2. The van der Waals surface area contributed by atoms with Gasteiger partial charge in [0.2, 0.25) is 0 Å². The predicted octanol–water partition coefficient (Wildman–Crippen LogP) is 5.02. The van der Waals surface area contributed by atoms with Crippen LogP contribution in [-0.4, -0.2) is 18.2 Å². The molecule has 30 heavy (non-hydrogen) atoms. The third-order valence-electron chi connectivity index (χ3n) is 4.19. The molecule has 3 rings (SSSR count). The van der Waals surface area contributed by atoms with Gasteiger partial charge in [-0.1, -0.05) is 30.3 Å². The van der Waals surface area contributed by atoms with Gasteiger partial charge in [0.25, 0.3) is 5.91 Å². The minimum absolute atomic E-state index is 0.0573. The Bertz CT molecular complexity index is 989. The van der Waals surface area contributed by atoms with Gasteiger partial charge >= 0.3 is 6.61 Å². The first-order valence-electron chi connectivity index (χ1n) is 9.18. The molecule has 0 aromatic heterocycles. The summed E-state index contributed by atoms with van der Waals surface area (Å²) in [5, 5.41) is 4.06. The lowest BCUT2D eigenvalue weighted by Gasteiger charge is -2.07. The van der Waals surface area contributed by atoms with Crippen LogP contribution in [0.25, 0.3) is 0 Å². The highest BCUT2D eigenvalue weighted by Crippen LogP contribution is 2.15. The molecule has 0 aliphatic heterocycles. The van der Waals surface area contributed by atoms with Crippen molar-refractivity contribution in [3.63, 3.8) is 0 Å². The van der Waals surface area contributed by atoms with Gasteiger partial charge in [-0.25, -0.2) is 5.43 Å². The van der Waals surface area contributed by atoms with Gasteiger partial charge in [0.1, 0.15) is 18.1 Å². The van der Waals surface area contributed by atoms with Crippen LogP contribution in [0.4, 0.5) is 8.78 Å². The molecule has 0 atom stereocenters. The minimum atomic E-state index is -2.87. The number of rotatable bonds is 8. The van der Waals surface area contributed by atoms with Crippen LogP contribution in [0, 0.1) is 0 Å². The Balaban J connectivity index is 1.54. The molecule has 0 aliphatic carbocycles. The molecule has 0 saturated carbocycles. The number of carbonyl (C=O) groups is 1. The average molecular weight is 410 g/mol. The number of amides is 1. The van der Waals surface area contributed by atoms with E-state index >= 15 is 0 Å². The lowest BCUT2D eigenvalue weighted by molar-refractivity contribution is -0.0498. The van der Waals surface area contributed by atoms with Crippen LogP contribution in [0.2, 0.25) is 0 Å². The van der Waals surface area contributed by atoms with Gasteiger partial charge in [-0.05, 0) is 66.6 Å². The highest BCUT2D eigenvalue weighted by atomic mass is 19.3. The molecule has 3 aromatic carbocycles. The van der Waals surface area contributed by atoms with Crippen molar-refractivity contribution >= 4 is 11.6 Å². The van der Waals surface area contributed by atoms with E-state index < -0.39 is 6.61 Å². The molecule has 0 fully saturated rings. The van der Waals surface area contributed by atoms with Crippen LogP contribution in [0.1, 0.15) is 28.4 Å². The molecular formula is C23H20F2N2O3. The number of benzene rings is 3. The smallest absolute Gasteiger partial charge is 0.387 e. The molecule has 1 N–H and O–H groups in total. The van der Waals surface area contributed by atoms with E-state index in [2.05, 4.69) is 15.3 Å². The second-order valence-corrected chi connectivity index (χ2v) is 6.34. The van der Waals surface area contributed by atoms with E-state index in [9.17, 15) is 13.6 Å². The summed E-state index contributed by atoms with van der Waals surface area (Å²) < 4.78 is 34.4. The van der Waals surface area contributed by atoms with Crippen molar-refractivity contribution in [3.8, 4) is 11.5 Å². The molecule has 0 bridgehead atoms. The Morgan fingerprint density at radius 3 is 2.17 bits per heavy atom. The third kappa shape index (κ3) is 6.13. The summed E-state index contributed by atoms with van der Waals surface area (Å²) in [6.45, 7) is -0.775. The number of hydrogen-bond acceptors (Lipinski definition) is 4. The average Bonchev–Trinajstić information content (AvgIpc) is 2.77. The zero-order chi connectivity index (χ0) is 21.3. The Kier molecular flexibility index (Phi) is 7.10. The highest BCUT2D eigenvalue weighted by Gasteiger charge is 2.07. The van der Waals surface area contributed by atoms with Crippen molar-refractivity contribution in [2.45, 2.75) is 20.1 Å².